The molecule has 1 fully saturated rings. The van der Waals surface area contributed by atoms with Gasteiger partial charge >= 0.3 is 0 Å². The minimum atomic E-state index is 0.612. The quantitative estimate of drug-likeness (QED) is 0.779. The highest BCUT2D eigenvalue weighted by Crippen LogP contribution is 2.47. The molecule has 0 aliphatic heterocycles. The molecule has 0 unspecified atom stereocenters. The van der Waals surface area contributed by atoms with Gasteiger partial charge in [0.2, 0.25) is 0 Å². The number of hydrogen-bond acceptors (Lipinski definition) is 2. The van der Waals surface area contributed by atoms with Crippen LogP contribution in [0.2, 0.25) is 0 Å². The van der Waals surface area contributed by atoms with Crippen molar-refractivity contribution in [1.82, 2.24) is 5.32 Å². The SMILES string of the molecule is CCOc1ccccc1CNCC1(CC)CC1. The number of nitrogens with one attached hydrogen (secondary N) is 1. The lowest BCUT2D eigenvalue weighted by Gasteiger charge is -2.15. The van der Waals surface area contributed by atoms with Gasteiger partial charge in [0.1, 0.15) is 5.75 Å². The third kappa shape index (κ3) is 3.22. The zero-order valence-electron chi connectivity index (χ0n) is 11.0. The summed E-state index contributed by atoms with van der Waals surface area (Å²) in [4.78, 5) is 0. The normalized spacial score (nSPS) is 16.8. The number of rotatable bonds is 7. The Labute approximate surface area is 104 Å². The average Bonchev–Trinajstić information content (AvgIpc) is 3.12. The van der Waals surface area contributed by atoms with Crippen LogP contribution in [0.25, 0.3) is 0 Å². The highest BCUT2D eigenvalue weighted by atomic mass is 16.5. The summed E-state index contributed by atoms with van der Waals surface area (Å²) in [5.74, 6) is 1.02. The summed E-state index contributed by atoms with van der Waals surface area (Å²) in [5, 5.41) is 3.57. The molecule has 0 spiro atoms. The van der Waals surface area contributed by atoms with Crippen LogP contribution >= 0.6 is 0 Å². The summed E-state index contributed by atoms with van der Waals surface area (Å²) in [5.41, 5.74) is 1.88. The van der Waals surface area contributed by atoms with Gasteiger partial charge in [0.15, 0.2) is 0 Å². The van der Waals surface area contributed by atoms with Gasteiger partial charge in [-0.05, 0) is 37.7 Å². The molecule has 94 valence electrons. The number of benzene rings is 1. The van der Waals surface area contributed by atoms with E-state index < -0.39 is 0 Å². The van der Waals surface area contributed by atoms with E-state index in [1.54, 1.807) is 0 Å². The molecular formula is C15H23NO. The van der Waals surface area contributed by atoms with E-state index in [-0.39, 0.29) is 0 Å². The molecule has 0 amide bonds. The van der Waals surface area contributed by atoms with E-state index in [1.165, 1.54) is 24.8 Å². The van der Waals surface area contributed by atoms with Gasteiger partial charge in [0.25, 0.3) is 0 Å². The second-order valence-corrected chi connectivity index (χ2v) is 5.00. The van der Waals surface area contributed by atoms with E-state index in [2.05, 4.69) is 24.4 Å². The molecule has 0 heterocycles. The van der Waals surface area contributed by atoms with Crippen molar-refractivity contribution in [1.29, 1.82) is 0 Å². The molecule has 2 rings (SSSR count). The Balaban J connectivity index is 1.85. The van der Waals surface area contributed by atoms with E-state index in [0.717, 1.165) is 25.4 Å². The van der Waals surface area contributed by atoms with Crippen LogP contribution in [0, 0.1) is 5.41 Å². The van der Waals surface area contributed by atoms with Crippen molar-refractivity contribution in [3.8, 4) is 5.75 Å². The molecule has 1 aromatic carbocycles. The van der Waals surface area contributed by atoms with E-state index in [0.29, 0.717) is 5.41 Å². The largest absolute Gasteiger partial charge is 0.494 e. The first-order valence-electron chi connectivity index (χ1n) is 6.71. The Morgan fingerprint density at radius 3 is 2.65 bits per heavy atom. The predicted molar refractivity (Wildman–Crippen MR) is 71.3 cm³/mol. The number of hydrogen-bond donors (Lipinski definition) is 1. The molecule has 1 aliphatic rings. The van der Waals surface area contributed by atoms with Gasteiger partial charge in [-0.1, -0.05) is 25.1 Å². The fourth-order valence-corrected chi connectivity index (χ4v) is 2.24. The Bertz CT molecular complexity index is 358. The second-order valence-electron chi connectivity index (χ2n) is 5.00. The van der Waals surface area contributed by atoms with Gasteiger partial charge in [-0.15, -0.1) is 0 Å². The van der Waals surface area contributed by atoms with Crippen molar-refractivity contribution in [2.75, 3.05) is 13.2 Å². The summed E-state index contributed by atoms with van der Waals surface area (Å²) in [7, 11) is 0. The zero-order valence-corrected chi connectivity index (χ0v) is 11.0. The maximum Gasteiger partial charge on any atom is 0.123 e. The van der Waals surface area contributed by atoms with Gasteiger partial charge in [-0.2, -0.15) is 0 Å². The summed E-state index contributed by atoms with van der Waals surface area (Å²) in [6.45, 7) is 7.11. The zero-order chi connectivity index (χ0) is 12.1. The predicted octanol–water partition coefficient (Wildman–Crippen LogP) is 3.37. The standard InChI is InChI=1S/C15H23NO/c1-3-15(9-10-15)12-16-11-13-7-5-6-8-14(13)17-4-2/h5-8,16H,3-4,9-12H2,1-2H3. The molecule has 2 heteroatoms. The average molecular weight is 233 g/mol. The summed E-state index contributed by atoms with van der Waals surface area (Å²) >= 11 is 0. The first-order chi connectivity index (χ1) is 8.29. The molecule has 0 aromatic heterocycles. The van der Waals surface area contributed by atoms with Crippen molar-refractivity contribution >= 4 is 0 Å². The van der Waals surface area contributed by atoms with Gasteiger partial charge in [0, 0.05) is 18.7 Å². The fraction of sp³-hybridized carbons (Fsp3) is 0.600. The highest BCUT2D eigenvalue weighted by molar-refractivity contribution is 5.33. The van der Waals surface area contributed by atoms with Crippen molar-refractivity contribution in [2.45, 2.75) is 39.7 Å². The van der Waals surface area contributed by atoms with Crippen LogP contribution in [0.1, 0.15) is 38.7 Å². The molecule has 0 bridgehead atoms. The van der Waals surface area contributed by atoms with Gasteiger partial charge < -0.3 is 10.1 Å². The van der Waals surface area contributed by atoms with E-state index in [1.807, 2.05) is 19.1 Å². The first-order valence-corrected chi connectivity index (χ1v) is 6.71. The Hall–Kier alpha value is -1.02. The highest BCUT2D eigenvalue weighted by Gasteiger charge is 2.39. The van der Waals surface area contributed by atoms with Crippen LogP contribution in [-0.2, 0) is 6.54 Å². The summed E-state index contributed by atoms with van der Waals surface area (Å²) in [6.07, 6.45) is 4.08. The van der Waals surface area contributed by atoms with Crippen LogP contribution in [0.3, 0.4) is 0 Å². The van der Waals surface area contributed by atoms with Crippen molar-refractivity contribution in [3.05, 3.63) is 29.8 Å². The van der Waals surface area contributed by atoms with Gasteiger partial charge in [-0.25, -0.2) is 0 Å². The third-order valence-electron chi connectivity index (χ3n) is 3.80. The van der Waals surface area contributed by atoms with Gasteiger partial charge in [0.05, 0.1) is 6.61 Å². The van der Waals surface area contributed by atoms with Crippen molar-refractivity contribution < 1.29 is 4.74 Å². The minimum absolute atomic E-state index is 0.612. The monoisotopic (exact) mass is 233 g/mol. The molecular weight excluding hydrogens is 210 g/mol. The fourth-order valence-electron chi connectivity index (χ4n) is 2.24. The maximum absolute atomic E-state index is 5.62. The van der Waals surface area contributed by atoms with E-state index in [4.69, 9.17) is 4.74 Å². The minimum Gasteiger partial charge on any atom is -0.494 e. The Kier molecular flexibility index (Phi) is 4.06. The van der Waals surface area contributed by atoms with Gasteiger partial charge in [-0.3, -0.25) is 0 Å². The molecule has 0 radical (unpaired) electrons. The Morgan fingerprint density at radius 1 is 1.24 bits per heavy atom. The lowest BCUT2D eigenvalue weighted by atomic mass is 10.0. The van der Waals surface area contributed by atoms with E-state index >= 15 is 0 Å². The molecule has 2 nitrogen and oxygen atoms in total. The molecule has 1 aliphatic carbocycles. The van der Waals surface area contributed by atoms with Crippen LogP contribution in [0.15, 0.2) is 24.3 Å². The van der Waals surface area contributed by atoms with Crippen molar-refractivity contribution in [2.24, 2.45) is 5.41 Å². The van der Waals surface area contributed by atoms with E-state index in [9.17, 15) is 0 Å². The molecule has 17 heavy (non-hydrogen) atoms. The topological polar surface area (TPSA) is 21.3 Å². The molecule has 0 atom stereocenters. The lowest BCUT2D eigenvalue weighted by Crippen LogP contribution is -2.23. The van der Waals surface area contributed by atoms with Crippen LogP contribution in [0.4, 0.5) is 0 Å². The van der Waals surface area contributed by atoms with Crippen molar-refractivity contribution in [3.63, 3.8) is 0 Å². The first kappa shape index (κ1) is 12.4. The second kappa shape index (κ2) is 5.54. The summed E-state index contributed by atoms with van der Waals surface area (Å²) < 4.78 is 5.62. The maximum atomic E-state index is 5.62. The molecule has 1 aromatic rings. The molecule has 1 N–H and O–H groups in total. The third-order valence-corrected chi connectivity index (χ3v) is 3.80. The van der Waals surface area contributed by atoms with Crippen LogP contribution in [-0.4, -0.2) is 13.2 Å². The number of para-hydroxylation sites is 1. The lowest BCUT2D eigenvalue weighted by molar-refractivity contribution is 0.334. The smallest absolute Gasteiger partial charge is 0.123 e. The Morgan fingerprint density at radius 2 is 2.00 bits per heavy atom. The summed E-state index contributed by atoms with van der Waals surface area (Å²) in [6, 6.07) is 8.30. The molecule has 1 saturated carbocycles. The van der Waals surface area contributed by atoms with Crippen LogP contribution < -0.4 is 10.1 Å². The molecule has 0 saturated heterocycles. The van der Waals surface area contributed by atoms with Crippen LogP contribution in [0.5, 0.6) is 5.75 Å². The number of ether oxygens (including phenoxy) is 1.